The monoisotopic (exact) mass is 343 g/mol. The number of nitrogens with one attached hydrogen (secondary N) is 3. The second-order valence-corrected chi connectivity index (χ2v) is 6.74. The van der Waals surface area contributed by atoms with Crippen LogP contribution in [0.3, 0.4) is 0 Å². The molecule has 0 radical (unpaired) electrons. The summed E-state index contributed by atoms with van der Waals surface area (Å²) in [5.74, 6) is 0.578. The van der Waals surface area contributed by atoms with Crippen molar-refractivity contribution < 1.29 is 4.79 Å². The van der Waals surface area contributed by atoms with Crippen molar-refractivity contribution in [2.24, 2.45) is 0 Å². The molecule has 1 fully saturated rings. The quantitative estimate of drug-likeness (QED) is 0.775. The number of carbonyl (C=O) groups is 1. The van der Waals surface area contributed by atoms with Gasteiger partial charge in [-0.2, -0.15) is 10.2 Å². The Morgan fingerprint density at radius 3 is 3.04 bits per heavy atom. The van der Waals surface area contributed by atoms with Gasteiger partial charge in [-0.3, -0.25) is 9.89 Å². The SMILES string of the molecule is CCN1CCC(n2nccc2NC(=O)c2n[nH]c3c2CNCC3)CC1. The fraction of sp³-hybridized carbons (Fsp3) is 0.588. The minimum Gasteiger partial charge on any atom is -0.312 e. The molecule has 0 aromatic carbocycles. The van der Waals surface area contributed by atoms with E-state index in [0.717, 1.165) is 62.5 Å². The van der Waals surface area contributed by atoms with Crippen LogP contribution in [-0.2, 0) is 13.0 Å². The largest absolute Gasteiger partial charge is 0.312 e. The van der Waals surface area contributed by atoms with Gasteiger partial charge in [0.25, 0.3) is 5.91 Å². The van der Waals surface area contributed by atoms with Crippen molar-refractivity contribution in [3.8, 4) is 0 Å². The Morgan fingerprint density at radius 2 is 2.24 bits per heavy atom. The molecule has 2 aromatic heterocycles. The fourth-order valence-corrected chi connectivity index (χ4v) is 3.77. The van der Waals surface area contributed by atoms with Gasteiger partial charge in [0, 0.05) is 49.9 Å². The Morgan fingerprint density at radius 1 is 1.40 bits per heavy atom. The van der Waals surface area contributed by atoms with Gasteiger partial charge in [0.15, 0.2) is 5.69 Å². The molecule has 2 aliphatic heterocycles. The number of rotatable bonds is 4. The third-order valence-corrected chi connectivity index (χ3v) is 5.28. The number of piperidine rings is 1. The summed E-state index contributed by atoms with van der Waals surface area (Å²) in [7, 11) is 0. The lowest BCUT2D eigenvalue weighted by Gasteiger charge is -2.31. The smallest absolute Gasteiger partial charge is 0.277 e. The van der Waals surface area contributed by atoms with Crippen molar-refractivity contribution in [1.82, 2.24) is 30.2 Å². The van der Waals surface area contributed by atoms with Gasteiger partial charge in [0.1, 0.15) is 5.82 Å². The van der Waals surface area contributed by atoms with E-state index in [2.05, 4.69) is 37.8 Å². The Bertz CT molecular complexity index is 742. The molecule has 1 amide bonds. The maximum absolute atomic E-state index is 12.7. The minimum absolute atomic E-state index is 0.172. The van der Waals surface area contributed by atoms with Crippen molar-refractivity contribution >= 4 is 11.7 Å². The van der Waals surface area contributed by atoms with E-state index in [1.807, 2.05) is 10.7 Å². The van der Waals surface area contributed by atoms with Gasteiger partial charge in [-0.1, -0.05) is 6.92 Å². The summed E-state index contributed by atoms with van der Waals surface area (Å²) in [6, 6.07) is 2.20. The van der Waals surface area contributed by atoms with Gasteiger partial charge >= 0.3 is 0 Å². The van der Waals surface area contributed by atoms with Crippen LogP contribution < -0.4 is 10.6 Å². The Hall–Kier alpha value is -2.19. The second kappa shape index (κ2) is 6.97. The second-order valence-electron chi connectivity index (χ2n) is 6.74. The predicted molar refractivity (Wildman–Crippen MR) is 94.6 cm³/mol. The number of hydrogen-bond donors (Lipinski definition) is 3. The Kier molecular flexibility index (Phi) is 4.54. The van der Waals surface area contributed by atoms with Crippen molar-refractivity contribution in [2.75, 3.05) is 31.5 Å². The highest BCUT2D eigenvalue weighted by Crippen LogP contribution is 2.26. The molecule has 0 unspecified atom stereocenters. The molecule has 8 nitrogen and oxygen atoms in total. The molecule has 0 aliphatic carbocycles. The van der Waals surface area contributed by atoms with E-state index in [9.17, 15) is 4.79 Å². The summed E-state index contributed by atoms with van der Waals surface area (Å²) >= 11 is 0. The number of anilines is 1. The van der Waals surface area contributed by atoms with Crippen LogP contribution in [0.25, 0.3) is 0 Å². The number of aromatic nitrogens is 4. The number of aromatic amines is 1. The predicted octanol–water partition coefficient (Wildman–Crippen LogP) is 1.16. The molecule has 2 aliphatic rings. The average Bonchev–Trinajstić information content (AvgIpc) is 3.28. The molecular weight excluding hydrogens is 318 g/mol. The first-order chi connectivity index (χ1) is 12.3. The number of fused-ring (bicyclic) bond motifs is 1. The highest BCUT2D eigenvalue weighted by atomic mass is 16.2. The molecule has 0 saturated carbocycles. The molecule has 8 heteroatoms. The third kappa shape index (κ3) is 3.19. The standard InChI is InChI=1S/C17H25N7O/c1-2-23-9-5-12(6-10-23)24-15(4-8-19-24)20-17(25)16-13-11-18-7-3-14(13)21-22-16/h4,8,12,18H,2-3,5-7,9-11H2,1H3,(H,20,25)(H,21,22). The van der Waals surface area contributed by atoms with E-state index in [1.54, 1.807) is 6.20 Å². The summed E-state index contributed by atoms with van der Waals surface area (Å²) in [6.07, 6.45) is 4.74. The van der Waals surface area contributed by atoms with E-state index in [4.69, 9.17) is 0 Å². The van der Waals surface area contributed by atoms with Crippen LogP contribution in [0.4, 0.5) is 5.82 Å². The molecule has 1 saturated heterocycles. The van der Waals surface area contributed by atoms with Crippen LogP contribution in [-0.4, -0.2) is 57.0 Å². The van der Waals surface area contributed by atoms with Crippen molar-refractivity contribution in [3.63, 3.8) is 0 Å². The van der Waals surface area contributed by atoms with Gasteiger partial charge in [0.05, 0.1) is 12.2 Å². The molecule has 0 atom stereocenters. The first-order valence-corrected chi connectivity index (χ1v) is 9.10. The zero-order valence-corrected chi connectivity index (χ0v) is 14.6. The van der Waals surface area contributed by atoms with Crippen molar-refractivity contribution in [1.29, 1.82) is 0 Å². The number of carbonyl (C=O) groups excluding carboxylic acids is 1. The van der Waals surface area contributed by atoms with Crippen LogP contribution in [0.15, 0.2) is 12.3 Å². The van der Waals surface area contributed by atoms with Crippen LogP contribution in [0.1, 0.15) is 47.6 Å². The lowest BCUT2D eigenvalue weighted by atomic mass is 10.1. The van der Waals surface area contributed by atoms with Gasteiger partial charge < -0.3 is 15.5 Å². The minimum atomic E-state index is -0.172. The number of nitrogens with zero attached hydrogens (tertiary/aromatic N) is 4. The lowest BCUT2D eigenvalue weighted by Crippen LogP contribution is -2.35. The molecule has 0 spiro atoms. The molecular formula is C17H25N7O. The molecule has 3 N–H and O–H groups in total. The maximum atomic E-state index is 12.7. The summed E-state index contributed by atoms with van der Waals surface area (Å²) in [5, 5.41) is 18.0. The van der Waals surface area contributed by atoms with Gasteiger partial charge in [-0.15, -0.1) is 0 Å². The highest BCUT2D eigenvalue weighted by molar-refractivity contribution is 6.03. The molecule has 0 bridgehead atoms. The maximum Gasteiger partial charge on any atom is 0.277 e. The summed E-state index contributed by atoms with van der Waals surface area (Å²) < 4.78 is 1.96. The highest BCUT2D eigenvalue weighted by Gasteiger charge is 2.25. The summed E-state index contributed by atoms with van der Waals surface area (Å²) in [4.78, 5) is 15.2. The van der Waals surface area contributed by atoms with Crippen molar-refractivity contribution in [3.05, 3.63) is 29.2 Å². The van der Waals surface area contributed by atoms with E-state index >= 15 is 0 Å². The molecule has 25 heavy (non-hydrogen) atoms. The summed E-state index contributed by atoms with van der Waals surface area (Å²) in [5.41, 5.74) is 2.52. The number of H-pyrrole nitrogens is 1. The van der Waals surface area contributed by atoms with E-state index in [1.165, 1.54) is 0 Å². The zero-order valence-electron chi connectivity index (χ0n) is 14.6. The average molecular weight is 343 g/mol. The van der Waals surface area contributed by atoms with Crippen LogP contribution in [0, 0.1) is 0 Å². The van der Waals surface area contributed by atoms with Crippen LogP contribution >= 0.6 is 0 Å². The molecule has 134 valence electrons. The molecule has 2 aromatic rings. The van der Waals surface area contributed by atoms with E-state index in [-0.39, 0.29) is 5.91 Å². The topological polar surface area (TPSA) is 90.9 Å². The Balaban J connectivity index is 1.48. The van der Waals surface area contributed by atoms with E-state index < -0.39 is 0 Å². The summed E-state index contributed by atoms with van der Waals surface area (Å²) in [6.45, 7) is 7.04. The lowest BCUT2D eigenvalue weighted by molar-refractivity contribution is 0.101. The van der Waals surface area contributed by atoms with E-state index in [0.29, 0.717) is 18.3 Å². The zero-order chi connectivity index (χ0) is 17.2. The van der Waals surface area contributed by atoms with Crippen molar-refractivity contribution in [2.45, 2.75) is 38.8 Å². The fourth-order valence-electron chi connectivity index (χ4n) is 3.77. The third-order valence-electron chi connectivity index (χ3n) is 5.28. The van der Waals surface area contributed by atoms with Gasteiger partial charge in [-0.05, 0) is 19.4 Å². The van der Waals surface area contributed by atoms with Gasteiger partial charge in [0.2, 0.25) is 0 Å². The van der Waals surface area contributed by atoms with Crippen LogP contribution in [0.5, 0.6) is 0 Å². The number of amides is 1. The number of hydrogen-bond acceptors (Lipinski definition) is 5. The first-order valence-electron chi connectivity index (χ1n) is 9.10. The van der Waals surface area contributed by atoms with Gasteiger partial charge in [-0.25, -0.2) is 4.68 Å². The van der Waals surface area contributed by atoms with Crippen LogP contribution in [0.2, 0.25) is 0 Å². The number of likely N-dealkylation sites (tertiary alicyclic amines) is 1. The Labute approximate surface area is 147 Å². The molecule has 4 rings (SSSR count). The normalized spacial score (nSPS) is 18.9. The first kappa shape index (κ1) is 16.3. The molecule has 4 heterocycles.